The van der Waals surface area contributed by atoms with Gasteiger partial charge < -0.3 is 10.4 Å². The normalized spacial score (nSPS) is 12.7. The predicted octanol–water partition coefficient (Wildman–Crippen LogP) is 5.91. The zero-order valence-electron chi connectivity index (χ0n) is 21.9. The summed E-state index contributed by atoms with van der Waals surface area (Å²) in [5, 5.41) is 21.8. The second-order valence-corrected chi connectivity index (χ2v) is 13.6. The smallest absolute Gasteiger partial charge is 0.295 e. The second-order valence-electron chi connectivity index (χ2n) is 9.41. The molecule has 5 aromatic rings. The van der Waals surface area contributed by atoms with Crippen LogP contribution in [0.4, 0.5) is 22.7 Å². The van der Waals surface area contributed by atoms with Crippen LogP contribution in [-0.2, 0) is 30.4 Å². The van der Waals surface area contributed by atoms with Gasteiger partial charge in [0, 0.05) is 28.2 Å². The van der Waals surface area contributed by atoms with Gasteiger partial charge in [0.25, 0.3) is 30.4 Å². The molecule has 0 radical (unpaired) electrons. The van der Waals surface area contributed by atoms with Crippen LogP contribution in [0.3, 0.4) is 0 Å². The Labute approximate surface area is 245 Å². The van der Waals surface area contributed by atoms with Gasteiger partial charge in [0.2, 0.25) is 0 Å². The van der Waals surface area contributed by atoms with Crippen LogP contribution in [0.1, 0.15) is 5.56 Å². The Balaban J connectivity index is 1.73. The van der Waals surface area contributed by atoms with E-state index in [1.165, 1.54) is 30.3 Å². The third-order valence-electron chi connectivity index (χ3n) is 6.40. The zero-order chi connectivity index (χ0) is 31.3. The van der Waals surface area contributed by atoms with Gasteiger partial charge >= 0.3 is 0 Å². The van der Waals surface area contributed by atoms with Crippen molar-refractivity contribution < 1.29 is 44.0 Å². The molecule has 0 aromatic heterocycles. The molecule has 13 nitrogen and oxygen atoms in total. The van der Waals surface area contributed by atoms with Crippen molar-refractivity contribution in [3.63, 3.8) is 0 Å². The fourth-order valence-corrected chi connectivity index (χ4v) is 6.26. The largest absolute Gasteiger partial charge is 0.507 e. The molecule has 0 saturated carbocycles. The van der Waals surface area contributed by atoms with E-state index in [4.69, 9.17) is 0 Å². The molecule has 0 aliphatic rings. The van der Waals surface area contributed by atoms with E-state index in [2.05, 4.69) is 15.5 Å². The predicted molar refractivity (Wildman–Crippen MR) is 158 cm³/mol. The summed E-state index contributed by atoms with van der Waals surface area (Å²) >= 11 is 0. The van der Waals surface area contributed by atoms with Crippen LogP contribution in [0.15, 0.2) is 104 Å². The number of nitrogens with one attached hydrogen (secondary N) is 1. The van der Waals surface area contributed by atoms with E-state index in [-0.39, 0.29) is 32.9 Å². The van der Waals surface area contributed by atoms with Crippen LogP contribution in [0, 0.1) is 6.92 Å². The summed E-state index contributed by atoms with van der Waals surface area (Å²) in [4.78, 5) is -1.88. The summed E-state index contributed by atoms with van der Waals surface area (Å²) in [7, 11) is -14.4. The number of hydrogen-bond acceptors (Lipinski definition) is 10. The van der Waals surface area contributed by atoms with Crippen LogP contribution in [0.2, 0.25) is 0 Å². The van der Waals surface area contributed by atoms with Crippen LogP contribution in [0.5, 0.6) is 5.75 Å². The Bertz CT molecular complexity index is 2300. The van der Waals surface area contributed by atoms with Crippen molar-refractivity contribution in [3.8, 4) is 5.75 Å². The van der Waals surface area contributed by atoms with Crippen LogP contribution >= 0.6 is 0 Å². The number of nitrogens with zero attached hydrogens (tertiary/aromatic N) is 2. The average Bonchev–Trinajstić information content (AvgIpc) is 2.91. The SMILES string of the molecule is Cc1ccc(Nc2ccc(N=Nc3cc(S(=O)(=O)O)cc4cc(S(=O)(=O)O)cc(O)c34)c3cccc(S(=O)(=O)O)c23)cc1. The minimum atomic E-state index is -4.85. The summed E-state index contributed by atoms with van der Waals surface area (Å²) < 4.78 is 101. The number of aryl methyl sites for hydroxylation is 1. The van der Waals surface area contributed by atoms with Gasteiger partial charge in [-0.3, -0.25) is 13.7 Å². The fourth-order valence-electron chi connectivity index (χ4n) is 4.46. The highest BCUT2D eigenvalue weighted by molar-refractivity contribution is 7.86. The number of anilines is 2. The molecule has 0 heterocycles. The molecule has 16 heteroatoms. The first kappa shape index (κ1) is 30.0. The zero-order valence-corrected chi connectivity index (χ0v) is 24.3. The summed E-state index contributed by atoms with van der Waals surface area (Å²) in [6, 6.07) is 17.6. The standard InChI is InChI=1S/C27H21N3O10S3/c1-15-5-7-17(8-6-15)28-22-10-9-21(20-3-2-4-25(27(20)22)43(38,39)40)29-30-23-13-18(41(32,33)34)11-16-12-19(42(35,36)37)14-24(31)26(16)23/h2-14,28,31H,1H3,(H,32,33,34)(H,35,36,37)(H,38,39,40). The van der Waals surface area contributed by atoms with E-state index in [9.17, 15) is 44.0 Å². The Kier molecular flexibility index (Phi) is 7.45. The van der Waals surface area contributed by atoms with Crippen molar-refractivity contribution in [2.45, 2.75) is 21.6 Å². The lowest BCUT2D eigenvalue weighted by atomic mass is 10.1. The van der Waals surface area contributed by atoms with Gasteiger partial charge in [-0.05, 0) is 60.8 Å². The lowest BCUT2D eigenvalue weighted by molar-refractivity contribution is 0.471. The molecule has 222 valence electrons. The molecule has 5 rings (SSSR count). The highest BCUT2D eigenvalue weighted by atomic mass is 32.2. The minimum Gasteiger partial charge on any atom is -0.507 e. The van der Waals surface area contributed by atoms with E-state index < -0.39 is 50.8 Å². The third kappa shape index (κ3) is 6.19. The molecule has 0 atom stereocenters. The van der Waals surface area contributed by atoms with E-state index in [1.54, 1.807) is 12.1 Å². The molecule has 0 bridgehead atoms. The summed E-state index contributed by atoms with van der Waals surface area (Å²) in [5.74, 6) is -0.697. The number of phenols is 1. The number of phenolic OH excluding ortho intramolecular Hbond substituents is 1. The third-order valence-corrected chi connectivity index (χ3v) is 8.96. The minimum absolute atomic E-state index is 0.0643. The van der Waals surface area contributed by atoms with Crippen LogP contribution in [-0.4, -0.2) is 44.0 Å². The molecule has 43 heavy (non-hydrogen) atoms. The number of aromatic hydroxyl groups is 1. The monoisotopic (exact) mass is 643 g/mol. The van der Waals surface area contributed by atoms with Crippen LogP contribution < -0.4 is 5.32 Å². The van der Waals surface area contributed by atoms with Gasteiger partial charge in [-0.15, -0.1) is 10.2 Å². The second kappa shape index (κ2) is 10.7. The lowest BCUT2D eigenvalue weighted by Gasteiger charge is -2.14. The molecule has 0 aliphatic heterocycles. The van der Waals surface area contributed by atoms with Gasteiger partial charge in [-0.2, -0.15) is 25.3 Å². The maximum Gasteiger partial charge on any atom is 0.295 e. The number of azo groups is 1. The molecule has 0 fully saturated rings. The topological polar surface area (TPSA) is 220 Å². The molecule has 5 aromatic carbocycles. The van der Waals surface area contributed by atoms with Crippen molar-refractivity contribution in [1.29, 1.82) is 0 Å². The van der Waals surface area contributed by atoms with Crippen molar-refractivity contribution in [2.75, 3.05) is 5.32 Å². The van der Waals surface area contributed by atoms with Gasteiger partial charge in [0.05, 0.1) is 26.6 Å². The van der Waals surface area contributed by atoms with Gasteiger partial charge in [0.1, 0.15) is 10.6 Å². The first-order valence-electron chi connectivity index (χ1n) is 12.1. The molecular formula is C27H21N3O10S3. The molecule has 0 spiro atoms. The summed E-state index contributed by atoms with van der Waals surface area (Å²) in [6.07, 6.45) is 0. The van der Waals surface area contributed by atoms with Crippen molar-refractivity contribution in [1.82, 2.24) is 0 Å². The maximum atomic E-state index is 12.3. The lowest BCUT2D eigenvalue weighted by Crippen LogP contribution is -2.01. The number of fused-ring (bicyclic) bond motifs is 2. The molecule has 0 unspecified atom stereocenters. The van der Waals surface area contributed by atoms with E-state index >= 15 is 0 Å². The van der Waals surface area contributed by atoms with Gasteiger partial charge in [-0.1, -0.05) is 29.8 Å². The van der Waals surface area contributed by atoms with Gasteiger partial charge in [0.15, 0.2) is 0 Å². The van der Waals surface area contributed by atoms with E-state index in [0.717, 1.165) is 29.8 Å². The Morgan fingerprint density at radius 1 is 0.651 bits per heavy atom. The average molecular weight is 644 g/mol. The molecule has 0 saturated heterocycles. The fraction of sp³-hybridized carbons (Fsp3) is 0.0370. The highest BCUT2D eigenvalue weighted by Gasteiger charge is 2.21. The Morgan fingerprint density at radius 2 is 1.26 bits per heavy atom. The van der Waals surface area contributed by atoms with Crippen molar-refractivity contribution in [2.24, 2.45) is 10.2 Å². The number of hydrogen-bond donors (Lipinski definition) is 5. The number of benzene rings is 5. The molecule has 0 amide bonds. The molecule has 0 aliphatic carbocycles. The van der Waals surface area contributed by atoms with Gasteiger partial charge in [-0.25, -0.2) is 0 Å². The molecular weight excluding hydrogens is 623 g/mol. The summed E-state index contributed by atoms with van der Waals surface area (Å²) in [5.41, 5.74) is 1.68. The molecule has 5 N–H and O–H groups in total. The highest BCUT2D eigenvalue weighted by Crippen LogP contribution is 2.41. The quantitative estimate of drug-likeness (QED) is 0.104. The number of rotatable bonds is 7. The van der Waals surface area contributed by atoms with E-state index in [0.29, 0.717) is 11.4 Å². The van der Waals surface area contributed by atoms with Crippen LogP contribution in [0.25, 0.3) is 21.5 Å². The van der Waals surface area contributed by atoms with E-state index in [1.807, 2.05) is 19.1 Å². The Hall–Kier alpha value is -4.45. The Morgan fingerprint density at radius 3 is 1.86 bits per heavy atom. The van der Waals surface area contributed by atoms with Crippen molar-refractivity contribution in [3.05, 3.63) is 84.4 Å². The first-order chi connectivity index (χ1) is 20.0. The first-order valence-corrected chi connectivity index (χ1v) is 16.4. The maximum absolute atomic E-state index is 12.3. The van der Waals surface area contributed by atoms with Crippen molar-refractivity contribution >= 4 is 74.6 Å². The summed E-state index contributed by atoms with van der Waals surface area (Å²) in [6.45, 7) is 1.90.